The Kier molecular flexibility index (Phi) is 10.4. The molecule has 1 saturated carbocycles. The highest BCUT2D eigenvalue weighted by Gasteiger charge is 2.38. The minimum Gasteiger partial charge on any atom is -0.429 e. The van der Waals surface area contributed by atoms with Gasteiger partial charge in [0.2, 0.25) is 0 Å². The third kappa shape index (κ3) is 7.39. The van der Waals surface area contributed by atoms with Crippen LogP contribution >= 0.6 is 0 Å². The average Bonchev–Trinajstić information content (AvgIpc) is 3.01. The van der Waals surface area contributed by atoms with Crippen LogP contribution in [0.2, 0.25) is 0 Å². The van der Waals surface area contributed by atoms with E-state index in [1.54, 1.807) is 0 Å². The van der Waals surface area contributed by atoms with Gasteiger partial charge in [0.1, 0.15) is 41.5 Å². The number of halogens is 8. The molecule has 0 bridgehead atoms. The van der Waals surface area contributed by atoms with E-state index in [1.807, 2.05) is 0 Å². The first-order valence-electron chi connectivity index (χ1n) is 15.5. The van der Waals surface area contributed by atoms with Gasteiger partial charge in [0.25, 0.3) is 0 Å². The first-order valence-corrected chi connectivity index (χ1v) is 15.5. The van der Waals surface area contributed by atoms with Crippen molar-refractivity contribution in [3.8, 4) is 28.0 Å². The second kappa shape index (κ2) is 14.3. The normalized spacial score (nSPS) is 16.9. The number of rotatable bonds is 11. The fourth-order valence-electron chi connectivity index (χ4n) is 6.29. The Balaban J connectivity index is 1.27. The number of ether oxygens (including phenoxy) is 1. The first kappa shape index (κ1) is 33.5. The summed E-state index contributed by atoms with van der Waals surface area (Å²) < 4.78 is 121. The summed E-state index contributed by atoms with van der Waals surface area (Å²) in [6.07, 6.45) is 4.49. The molecule has 0 spiro atoms. The van der Waals surface area contributed by atoms with Crippen LogP contribution in [0, 0.1) is 35.0 Å². The minimum absolute atomic E-state index is 0.00927. The van der Waals surface area contributed by atoms with E-state index in [-0.39, 0.29) is 28.2 Å². The molecule has 244 valence electrons. The highest BCUT2D eigenvalue weighted by molar-refractivity contribution is 5.72. The third-order valence-electron chi connectivity index (χ3n) is 8.89. The second-order valence-electron chi connectivity index (χ2n) is 12.0. The van der Waals surface area contributed by atoms with Crippen molar-refractivity contribution in [3.63, 3.8) is 0 Å². The molecule has 46 heavy (non-hydrogen) atoms. The van der Waals surface area contributed by atoms with Crippen LogP contribution in [0.4, 0.5) is 35.1 Å². The molecule has 1 nitrogen and oxygen atoms in total. The summed E-state index contributed by atoms with van der Waals surface area (Å²) in [6, 6.07) is 11.4. The quantitative estimate of drug-likeness (QED) is 0.116. The van der Waals surface area contributed by atoms with Crippen LogP contribution in [0.1, 0.15) is 80.9 Å². The molecule has 0 heterocycles. The van der Waals surface area contributed by atoms with Crippen LogP contribution in [-0.4, -0.2) is 0 Å². The molecule has 4 aromatic carbocycles. The molecular formula is C37H34F8O. The molecule has 1 aliphatic rings. The standard InChI is InChI=1S/C37H34F8O/c1-2-3-4-5-22-6-8-23(9-7-22)24-11-15-31(36(43)16-24)37(44,45)46-27-12-14-28(35(42)20-27)25-10-13-29(32(39)17-25)26-18-33(40)30(21-38)34(41)19-26/h10-20,22-23H,2-9,21H2,1H3. The molecule has 1 fully saturated rings. The van der Waals surface area contributed by atoms with Crippen molar-refractivity contribution in [3.05, 3.63) is 113 Å². The van der Waals surface area contributed by atoms with E-state index in [4.69, 9.17) is 4.74 Å². The largest absolute Gasteiger partial charge is 0.429 e. The van der Waals surface area contributed by atoms with Gasteiger partial charge < -0.3 is 4.74 Å². The van der Waals surface area contributed by atoms with Gasteiger partial charge in [-0.25, -0.2) is 26.3 Å². The van der Waals surface area contributed by atoms with Crippen LogP contribution < -0.4 is 4.74 Å². The molecule has 0 radical (unpaired) electrons. The van der Waals surface area contributed by atoms with Gasteiger partial charge in [-0.3, -0.25) is 0 Å². The number of unbranched alkanes of at least 4 members (excludes halogenated alkanes) is 2. The summed E-state index contributed by atoms with van der Waals surface area (Å²) in [4.78, 5) is 0. The topological polar surface area (TPSA) is 9.23 Å². The Morgan fingerprint density at radius 2 is 1.30 bits per heavy atom. The van der Waals surface area contributed by atoms with E-state index in [0.29, 0.717) is 17.5 Å². The average molecular weight is 647 g/mol. The Hall–Kier alpha value is -3.88. The Bertz CT molecular complexity index is 1650. The maximum Gasteiger partial charge on any atom is 0.429 e. The Morgan fingerprint density at radius 1 is 0.674 bits per heavy atom. The molecule has 1 aliphatic carbocycles. The van der Waals surface area contributed by atoms with E-state index < -0.39 is 58.7 Å². The first-order chi connectivity index (χ1) is 22.0. The molecule has 0 saturated heterocycles. The van der Waals surface area contributed by atoms with E-state index in [1.165, 1.54) is 37.8 Å². The smallest absolute Gasteiger partial charge is 0.429 e. The monoisotopic (exact) mass is 646 g/mol. The zero-order valence-corrected chi connectivity index (χ0v) is 25.3. The highest BCUT2D eigenvalue weighted by Crippen LogP contribution is 2.41. The van der Waals surface area contributed by atoms with Crippen molar-refractivity contribution < 1.29 is 39.9 Å². The Labute approximate surface area is 263 Å². The summed E-state index contributed by atoms with van der Waals surface area (Å²) in [6.45, 7) is 0.798. The number of alkyl halides is 3. The molecule has 0 aromatic heterocycles. The maximum atomic E-state index is 15.1. The molecule has 0 aliphatic heterocycles. The predicted molar refractivity (Wildman–Crippen MR) is 162 cm³/mol. The molecule has 9 heteroatoms. The fraction of sp³-hybridized carbons (Fsp3) is 0.351. The van der Waals surface area contributed by atoms with Gasteiger partial charge in [0, 0.05) is 17.2 Å². The SMILES string of the molecule is CCCCCC1CCC(c2ccc(C(F)(F)Oc3ccc(-c4ccc(-c5cc(F)c(CF)c(F)c5)c(F)c4)c(F)c3)c(F)c2)CC1. The number of hydrogen-bond donors (Lipinski definition) is 0. The van der Waals surface area contributed by atoms with Crippen molar-refractivity contribution >= 4 is 0 Å². The summed E-state index contributed by atoms with van der Waals surface area (Å²) >= 11 is 0. The predicted octanol–water partition coefficient (Wildman–Crippen LogP) is 12.2. The zero-order chi connectivity index (χ0) is 33.0. The van der Waals surface area contributed by atoms with Crippen LogP contribution in [0.15, 0.2) is 66.7 Å². The highest BCUT2D eigenvalue weighted by atomic mass is 19.3. The van der Waals surface area contributed by atoms with Gasteiger partial charge >= 0.3 is 6.11 Å². The van der Waals surface area contributed by atoms with Crippen LogP contribution in [-0.2, 0) is 12.8 Å². The number of hydrogen-bond acceptors (Lipinski definition) is 1. The van der Waals surface area contributed by atoms with Gasteiger partial charge in [0.15, 0.2) is 0 Å². The van der Waals surface area contributed by atoms with Gasteiger partial charge in [-0.1, -0.05) is 50.8 Å². The summed E-state index contributed by atoms with van der Waals surface area (Å²) in [5, 5.41) is 0. The second-order valence-corrected chi connectivity index (χ2v) is 12.0. The van der Waals surface area contributed by atoms with Gasteiger partial charge in [-0.2, -0.15) is 8.78 Å². The lowest BCUT2D eigenvalue weighted by Gasteiger charge is -2.29. The van der Waals surface area contributed by atoms with Gasteiger partial charge in [0.05, 0.1) is 11.1 Å². The molecule has 0 atom stereocenters. The van der Waals surface area contributed by atoms with Crippen LogP contribution in [0.25, 0.3) is 22.3 Å². The van der Waals surface area contributed by atoms with Crippen molar-refractivity contribution in [2.45, 2.75) is 77.0 Å². The molecule has 0 N–H and O–H groups in total. The van der Waals surface area contributed by atoms with E-state index in [9.17, 15) is 22.0 Å². The van der Waals surface area contributed by atoms with Crippen molar-refractivity contribution in [2.75, 3.05) is 0 Å². The number of benzene rings is 4. The molecule has 0 unspecified atom stereocenters. The summed E-state index contributed by atoms with van der Waals surface area (Å²) in [5.74, 6) is -5.26. The summed E-state index contributed by atoms with van der Waals surface area (Å²) in [5.41, 5.74) is -1.63. The Morgan fingerprint density at radius 3 is 1.91 bits per heavy atom. The van der Waals surface area contributed by atoms with Gasteiger partial charge in [-0.15, -0.1) is 0 Å². The van der Waals surface area contributed by atoms with E-state index >= 15 is 13.2 Å². The fourth-order valence-corrected chi connectivity index (χ4v) is 6.29. The molecular weight excluding hydrogens is 612 g/mol. The van der Waals surface area contributed by atoms with Crippen LogP contribution in [0.5, 0.6) is 5.75 Å². The lowest BCUT2D eigenvalue weighted by molar-refractivity contribution is -0.187. The lowest BCUT2D eigenvalue weighted by Crippen LogP contribution is -2.24. The summed E-state index contributed by atoms with van der Waals surface area (Å²) in [7, 11) is 0. The van der Waals surface area contributed by atoms with Gasteiger partial charge in [-0.05, 0) is 96.7 Å². The molecule has 5 rings (SSSR count). The zero-order valence-electron chi connectivity index (χ0n) is 25.3. The van der Waals surface area contributed by atoms with E-state index in [0.717, 1.165) is 74.2 Å². The lowest BCUT2D eigenvalue weighted by atomic mass is 9.77. The van der Waals surface area contributed by atoms with Crippen LogP contribution in [0.3, 0.4) is 0 Å². The maximum absolute atomic E-state index is 15.1. The molecule has 0 amide bonds. The van der Waals surface area contributed by atoms with E-state index in [2.05, 4.69) is 6.92 Å². The third-order valence-corrected chi connectivity index (χ3v) is 8.89. The molecule has 4 aromatic rings. The minimum atomic E-state index is -4.11. The van der Waals surface area contributed by atoms with Crippen molar-refractivity contribution in [1.82, 2.24) is 0 Å². The van der Waals surface area contributed by atoms with Crippen molar-refractivity contribution in [1.29, 1.82) is 0 Å². The van der Waals surface area contributed by atoms with Crippen molar-refractivity contribution in [2.24, 2.45) is 5.92 Å².